The lowest BCUT2D eigenvalue weighted by molar-refractivity contribution is 0.102. The Bertz CT molecular complexity index is 887. The number of sulfonamides is 1. The highest BCUT2D eigenvalue weighted by Gasteiger charge is 2.31. The maximum absolute atomic E-state index is 12.9. The van der Waals surface area contributed by atoms with E-state index < -0.39 is 15.9 Å². The third-order valence-electron chi connectivity index (χ3n) is 4.40. The van der Waals surface area contributed by atoms with E-state index in [1.54, 1.807) is 11.4 Å². The molecule has 9 heteroatoms. The van der Waals surface area contributed by atoms with Gasteiger partial charge in [-0.2, -0.15) is 9.40 Å². The fourth-order valence-corrected chi connectivity index (χ4v) is 5.67. The minimum Gasteiger partial charge on any atom is -0.304 e. The van der Waals surface area contributed by atoms with Gasteiger partial charge in [-0.15, -0.1) is 11.3 Å². The van der Waals surface area contributed by atoms with Crippen LogP contribution < -0.4 is 5.32 Å². The molecule has 2 aromatic rings. The molecule has 3 heterocycles. The number of carbonyl (C=O) groups excluding carboxylic acids is 1. The van der Waals surface area contributed by atoms with Gasteiger partial charge in [-0.05, 0) is 24.3 Å². The summed E-state index contributed by atoms with van der Waals surface area (Å²) in [5.41, 5.74) is 0.766. The number of hydrogen-bond acceptors (Lipinski definition) is 5. The number of piperidine rings is 1. The lowest BCUT2D eigenvalue weighted by Crippen LogP contribution is -2.36. The monoisotopic (exact) mass is 396 g/mol. The van der Waals surface area contributed by atoms with Crippen LogP contribution in [0, 0.1) is 0 Å². The average molecular weight is 397 g/mol. The number of carbonyl (C=O) groups is 1. The lowest BCUT2D eigenvalue weighted by Gasteiger charge is -2.25. The molecule has 3 rings (SSSR count). The van der Waals surface area contributed by atoms with E-state index in [-0.39, 0.29) is 15.2 Å². The van der Waals surface area contributed by atoms with Crippen molar-refractivity contribution in [3.05, 3.63) is 28.1 Å². The molecule has 1 amide bonds. The number of nitrogens with one attached hydrogen (secondary N) is 2. The molecular formula is C17H24N4O3S2. The Morgan fingerprint density at radius 2 is 1.96 bits per heavy atom. The zero-order valence-corrected chi connectivity index (χ0v) is 16.8. The van der Waals surface area contributed by atoms with Gasteiger partial charge in [-0.1, -0.05) is 27.2 Å². The number of hydrogen-bond donors (Lipinski definition) is 2. The summed E-state index contributed by atoms with van der Waals surface area (Å²) in [5, 5.41) is 11.3. The van der Waals surface area contributed by atoms with Crippen LogP contribution in [0.25, 0.3) is 0 Å². The second kappa shape index (κ2) is 7.13. The van der Waals surface area contributed by atoms with Crippen molar-refractivity contribution in [2.45, 2.75) is 50.3 Å². The molecule has 0 unspecified atom stereocenters. The molecule has 0 aromatic carbocycles. The summed E-state index contributed by atoms with van der Waals surface area (Å²) in [5.74, 6) is -0.0720. The summed E-state index contributed by atoms with van der Waals surface area (Å²) in [6.07, 6.45) is 2.75. The summed E-state index contributed by atoms with van der Waals surface area (Å²) >= 11 is 1.12. The fourth-order valence-electron chi connectivity index (χ4n) is 2.85. The van der Waals surface area contributed by atoms with Crippen LogP contribution in [0.1, 0.15) is 55.4 Å². The zero-order valence-electron chi connectivity index (χ0n) is 15.2. The standard InChI is InChI=1S/C17H24N4O3S2/c1-17(2,3)13-11-14(20-19-13)18-16(22)15-12(7-10-25-15)26(23,24)21-8-5-4-6-9-21/h7,10-11H,4-6,8-9H2,1-3H3,(H2,18,19,20,22). The van der Waals surface area contributed by atoms with Crippen LogP contribution in [0.2, 0.25) is 0 Å². The van der Waals surface area contributed by atoms with Crippen molar-refractivity contribution in [3.8, 4) is 0 Å². The predicted octanol–water partition coefficient (Wildman–Crippen LogP) is 3.20. The molecule has 1 aliphatic heterocycles. The van der Waals surface area contributed by atoms with E-state index >= 15 is 0 Å². The molecule has 0 aliphatic carbocycles. The first kappa shape index (κ1) is 19.1. The third-order valence-corrected chi connectivity index (χ3v) is 7.38. The molecule has 142 valence electrons. The normalized spacial score (nSPS) is 16.6. The quantitative estimate of drug-likeness (QED) is 0.830. The van der Waals surface area contributed by atoms with Gasteiger partial charge in [0.25, 0.3) is 5.91 Å². The number of aromatic nitrogens is 2. The molecule has 0 atom stereocenters. The van der Waals surface area contributed by atoms with Gasteiger partial charge in [0.2, 0.25) is 10.0 Å². The lowest BCUT2D eigenvalue weighted by atomic mass is 9.92. The van der Waals surface area contributed by atoms with Gasteiger partial charge in [0.05, 0.1) is 0 Å². The van der Waals surface area contributed by atoms with Crippen molar-refractivity contribution in [1.29, 1.82) is 0 Å². The molecule has 2 aromatic heterocycles. The van der Waals surface area contributed by atoms with Crippen LogP contribution in [0.15, 0.2) is 22.4 Å². The first-order chi connectivity index (χ1) is 12.2. The summed E-state index contributed by atoms with van der Waals surface area (Å²) in [7, 11) is -3.65. The highest BCUT2D eigenvalue weighted by Crippen LogP contribution is 2.28. The van der Waals surface area contributed by atoms with E-state index in [9.17, 15) is 13.2 Å². The SMILES string of the molecule is CC(C)(C)c1cc(NC(=O)c2sccc2S(=O)(=O)N2CCCCC2)n[nH]1. The number of thiophene rings is 1. The van der Waals surface area contributed by atoms with E-state index in [1.165, 1.54) is 10.4 Å². The maximum Gasteiger partial charge on any atom is 0.268 e. The number of rotatable bonds is 4. The average Bonchev–Trinajstić information content (AvgIpc) is 3.24. The number of amides is 1. The Hall–Kier alpha value is -1.71. The third kappa shape index (κ3) is 3.84. The Morgan fingerprint density at radius 1 is 1.27 bits per heavy atom. The molecular weight excluding hydrogens is 372 g/mol. The molecule has 2 N–H and O–H groups in total. The summed E-state index contributed by atoms with van der Waals surface area (Å²) in [6.45, 7) is 7.12. The molecule has 0 bridgehead atoms. The Labute approximate surface area is 157 Å². The van der Waals surface area contributed by atoms with E-state index in [2.05, 4.69) is 15.5 Å². The predicted molar refractivity (Wildman–Crippen MR) is 102 cm³/mol. The van der Waals surface area contributed by atoms with Gasteiger partial charge in [0.1, 0.15) is 9.77 Å². The molecule has 0 radical (unpaired) electrons. The van der Waals surface area contributed by atoms with E-state index in [4.69, 9.17) is 0 Å². The number of nitrogens with zero attached hydrogens (tertiary/aromatic N) is 2. The van der Waals surface area contributed by atoms with Gasteiger partial charge >= 0.3 is 0 Å². The Kier molecular flexibility index (Phi) is 5.23. The fraction of sp³-hybridized carbons (Fsp3) is 0.529. The summed E-state index contributed by atoms with van der Waals surface area (Å²) < 4.78 is 27.3. The first-order valence-electron chi connectivity index (χ1n) is 8.64. The van der Waals surface area contributed by atoms with Gasteiger partial charge in [-0.25, -0.2) is 8.42 Å². The molecule has 1 aliphatic rings. The summed E-state index contributed by atoms with van der Waals surface area (Å²) in [6, 6.07) is 3.28. The minimum absolute atomic E-state index is 0.0773. The first-order valence-corrected chi connectivity index (χ1v) is 11.0. The van der Waals surface area contributed by atoms with Crippen molar-refractivity contribution in [2.75, 3.05) is 18.4 Å². The number of anilines is 1. The van der Waals surface area contributed by atoms with Crippen LogP contribution in [0.5, 0.6) is 0 Å². The van der Waals surface area contributed by atoms with Crippen molar-refractivity contribution >= 4 is 33.1 Å². The molecule has 1 fully saturated rings. The largest absolute Gasteiger partial charge is 0.304 e. The molecule has 0 saturated carbocycles. The van der Waals surface area contributed by atoms with Gasteiger partial charge < -0.3 is 5.32 Å². The molecule has 26 heavy (non-hydrogen) atoms. The highest BCUT2D eigenvalue weighted by molar-refractivity contribution is 7.89. The van der Waals surface area contributed by atoms with E-state index in [1.807, 2.05) is 20.8 Å². The molecule has 0 spiro atoms. The highest BCUT2D eigenvalue weighted by atomic mass is 32.2. The van der Waals surface area contributed by atoms with Crippen molar-refractivity contribution in [3.63, 3.8) is 0 Å². The van der Waals surface area contributed by atoms with Crippen LogP contribution in [-0.4, -0.2) is 41.9 Å². The second-order valence-corrected chi connectivity index (χ2v) is 10.3. The molecule has 1 saturated heterocycles. The zero-order chi connectivity index (χ0) is 18.9. The molecule has 7 nitrogen and oxygen atoms in total. The number of H-pyrrole nitrogens is 1. The van der Waals surface area contributed by atoms with Gasteiger partial charge in [-0.3, -0.25) is 9.89 Å². The van der Waals surface area contributed by atoms with Crippen molar-refractivity contribution in [1.82, 2.24) is 14.5 Å². The van der Waals surface area contributed by atoms with Gasteiger partial charge in [0.15, 0.2) is 5.82 Å². The van der Waals surface area contributed by atoms with Crippen LogP contribution in [0.3, 0.4) is 0 Å². The van der Waals surface area contributed by atoms with Gasteiger partial charge in [0, 0.05) is 30.3 Å². The Morgan fingerprint density at radius 3 is 2.58 bits per heavy atom. The van der Waals surface area contributed by atoms with Crippen molar-refractivity contribution in [2.24, 2.45) is 0 Å². The van der Waals surface area contributed by atoms with Crippen LogP contribution in [0.4, 0.5) is 5.82 Å². The minimum atomic E-state index is -3.65. The van der Waals surface area contributed by atoms with Crippen LogP contribution >= 0.6 is 11.3 Å². The smallest absolute Gasteiger partial charge is 0.268 e. The van der Waals surface area contributed by atoms with E-state index in [0.717, 1.165) is 36.3 Å². The topological polar surface area (TPSA) is 95.2 Å². The maximum atomic E-state index is 12.9. The van der Waals surface area contributed by atoms with Crippen molar-refractivity contribution < 1.29 is 13.2 Å². The second-order valence-electron chi connectivity index (χ2n) is 7.45. The Balaban J connectivity index is 1.81. The summed E-state index contributed by atoms with van der Waals surface area (Å²) in [4.78, 5) is 12.9. The van der Waals surface area contributed by atoms with Crippen LogP contribution in [-0.2, 0) is 15.4 Å². The van der Waals surface area contributed by atoms with E-state index in [0.29, 0.717) is 18.9 Å². The number of aromatic amines is 1.